The number of amides is 2. The zero-order valence-electron chi connectivity index (χ0n) is 15.7. The van der Waals surface area contributed by atoms with Crippen molar-refractivity contribution in [1.82, 2.24) is 15.1 Å². The number of benzene rings is 1. The van der Waals surface area contributed by atoms with Crippen LogP contribution in [0, 0.1) is 13.8 Å². The molecule has 0 spiro atoms. The molecule has 0 N–H and O–H groups in total. The standard InChI is InChI=1S/C18H26BrN3O4/c1-5-26-18(24)22-9-7-20(25-4)6-8-21(22)17(23)12-16-13(2)10-15(19)11-14(16)3/h10-11H,5-9,12H2,1-4H3. The molecule has 1 aliphatic heterocycles. The summed E-state index contributed by atoms with van der Waals surface area (Å²) in [5, 5.41) is 4.60. The van der Waals surface area contributed by atoms with E-state index in [-0.39, 0.29) is 18.9 Å². The second kappa shape index (κ2) is 9.34. The van der Waals surface area contributed by atoms with Crippen molar-refractivity contribution < 1.29 is 19.2 Å². The van der Waals surface area contributed by atoms with E-state index in [1.165, 1.54) is 10.0 Å². The number of carbonyl (C=O) groups is 2. The highest BCUT2D eigenvalue weighted by Gasteiger charge is 2.31. The molecule has 144 valence electrons. The van der Waals surface area contributed by atoms with Gasteiger partial charge in [-0.05, 0) is 49.6 Å². The van der Waals surface area contributed by atoms with Gasteiger partial charge in [0.1, 0.15) is 0 Å². The topological polar surface area (TPSA) is 62.3 Å². The van der Waals surface area contributed by atoms with Crippen LogP contribution in [0.15, 0.2) is 16.6 Å². The number of hydrogen-bond donors (Lipinski definition) is 0. The number of hydrazine groups is 1. The Balaban J connectivity index is 2.23. The highest BCUT2D eigenvalue weighted by atomic mass is 79.9. The number of hydrogen-bond acceptors (Lipinski definition) is 5. The van der Waals surface area contributed by atoms with Crippen molar-refractivity contribution in [2.75, 3.05) is 39.9 Å². The summed E-state index contributed by atoms with van der Waals surface area (Å²) >= 11 is 3.48. The monoisotopic (exact) mass is 427 g/mol. The summed E-state index contributed by atoms with van der Waals surface area (Å²) in [5.41, 5.74) is 3.07. The zero-order valence-corrected chi connectivity index (χ0v) is 17.3. The lowest BCUT2D eigenvalue weighted by Crippen LogP contribution is -2.51. The van der Waals surface area contributed by atoms with Gasteiger partial charge in [0.25, 0.3) is 0 Å². The lowest BCUT2D eigenvalue weighted by Gasteiger charge is -2.32. The van der Waals surface area contributed by atoms with Gasteiger partial charge in [-0.3, -0.25) is 4.79 Å². The van der Waals surface area contributed by atoms with Gasteiger partial charge in [0.15, 0.2) is 0 Å². The first-order valence-corrected chi connectivity index (χ1v) is 9.45. The van der Waals surface area contributed by atoms with Crippen LogP contribution in [0.25, 0.3) is 0 Å². The molecule has 0 radical (unpaired) electrons. The number of rotatable bonds is 4. The number of aryl methyl sites for hydroxylation is 2. The number of halogens is 1. The van der Waals surface area contributed by atoms with Gasteiger partial charge in [0.2, 0.25) is 5.91 Å². The van der Waals surface area contributed by atoms with Crippen molar-refractivity contribution in [3.8, 4) is 0 Å². The summed E-state index contributed by atoms with van der Waals surface area (Å²) in [5.74, 6) is -0.135. The van der Waals surface area contributed by atoms with Crippen LogP contribution >= 0.6 is 15.9 Å². The molecule has 7 nitrogen and oxygen atoms in total. The first-order chi connectivity index (χ1) is 12.4. The number of nitrogens with zero attached hydrogens (tertiary/aromatic N) is 3. The Hall–Kier alpha value is -1.64. The van der Waals surface area contributed by atoms with E-state index in [9.17, 15) is 9.59 Å². The Kier molecular flexibility index (Phi) is 7.43. The van der Waals surface area contributed by atoms with Crippen LogP contribution < -0.4 is 0 Å². The highest BCUT2D eigenvalue weighted by Crippen LogP contribution is 2.22. The molecule has 0 saturated carbocycles. The lowest BCUT2D eigenvalue weighted by atomic mass is 10.00. The Morgan fingerprint density at radius 1 is 1.08 bits per heavy atom. The molecule has 26 heavy (non-hydrogen) atoms. The predicted octanol–water partition coefficient (Wildman–Crippen LogP) is 2.69. The first-order valence-electron chi connectivity index (χ1n) is 8.66. The van der Waals surface area contributed by atoms with E-state index >= 15 is 0 Å². The van der Waals surface area contributed by atoms with Crippen LogP contribution in [0.2, 0.25) is 0 Å². The Morgan fingerprint density at radius 2 is 1.65 bits per heavy atom. The Bertz CT molecular complexity index is 645. The predicted molar refractivity (Wildman–Crippen MR) is 101 cm³/mol. The molecule has 2 rings (SSSR count). The average Bonchev–Trinajstić information content (AvgIpc) is 2.80. The largest absolute Gasteiger partial charge is 0.448 e. The molecule has 0 unspecified atom stereocenters. The maximum Gasteiger partial charge on any atom is 0.428 e. The van der Waals surface area contributed by atoms with E-state index < -0.39 is 6.09 Å². The van der Waals surface area contributed by atoms with Crippen LogP contribution in [-0.4, -0.2) is 67.0 Å². The van der Waals surface area contributed by atoms with Crippen molar-refractivity contribution in [1.29, 1.82) is 0 Å². The molecule has 1 aromatic carbocycles. The molecule has 1 fully saturated rings. The number of ether oxygens (including phenoxy) is 1. The second-order valence-electron chi connectivity index (χ2n) is 6.15. The van der Waals surface area contributed by atoms with Crippen molar-refractivity contribution in [3.05, 3.63) is 33.3 Å². The van der Waals surface area contributed by atoms with Crippen LogP contribution in [0.1, 0.15) is 23.6 Å². The molecule has 2 amide bonds. The minimum Gasteiger partial charge on any atom is -0.448 e. The van der Waals surface area contributed by atoms with E-state index in [2.05, 4.69) is 15.9 Å². The normalized spacial score (nSPS) is 15.7. The van der Waals surface area contributed by atoms with Gasteiger partial charge >= 0.3 is 6.09 Å². The highest BCUT2D eigenvalue weighted by molar-refractivity contribution is 9.10. The summed E-state index contributed by atoms with van der Waals surface area (Å²) in [6, 6.07) is 3.99. The van der Waals surface area contributed by atoms with Crippen molar-refractivity contribution in [3.63, 3.8) is 0 Å². The Labute approximate surface area is 162 Å². The molecule has 0 aromatic heterocycles. The third kappa shape index (κ3) is 4.96. The molecule has 1 aliphatic rings. The van der Waals surface area contributed by atoms with Crippen LogP contribution in [-0.2, 0) is 20.8 Å². The molecular weight excluding hydrogens is 402 g/mol. The summed E-state index contributed by atoms with van der Waals surface area (Å²) < 4.78 is 6.12. The molecule has 8 heteroatoms. The third-order valence-electron chi connectivity index (χ3n) is 4.43. The van der Waals surface area contributed by atoms with Crippen LogP contribution in [0.3, 0.4) is 0 Å². The average molecular weight is 428 g/mol. The molecular formula is C18H26BrN3O4. The van der Waals surface area contributed by atoms with E-state index in [0.29, 0.717) is 26.2 Å². The van der Waals surface area contributed by atoms with Gasteiger partial charge < -0.3 is 9.57 Å². The number of carbonyl (C=O) groups excluding carboxylic acids is 2. The van der Waals surface area contributed by atoms with E-state index in [1.807, 2.05) is 26.0 Å². The van der Waals surface area contributed by atoms with E-state index in [1.54, 1.807) is 19.1 Å². The molecule has 0 aliphatic carbocycles. The van der Waals surface area contributed by atoms with Gasteiger partial charge in [-0.25, -0.2) is 14.8 Å². The van der Waals surface area contributed by atoms with Gasteiger partial charge in [-0.1, -0.05) is 15.9 Å². The van der Waals surface area contributed by atoms with Gasteiger partial charge in [-0.15, -0.1) is 0 Å². The van der Waals surface area contributed by atoms with Crippen molar-refractivity contribution >= 4 is 27.9 Å². The SMILES string of the molecule is CCOC(=O)N1CCN(OC)CCN1C(=O)Cc1c(C)cc(Br)cc1C. The summed E-state index contributed by atoms with van der Waals surface area (Å²) in [6.07, 6.45) is -0.281. The van der Waals surface area contributed by atoms with Gasteiger partial charge in [0, 0.05) is 17.6 Å². The minimum absolute atomic E-state index is 0.135. The summed E-state index contributed by atoms with van der Waals surface area (Å²) in [6.45, 7) is 7.70. The van der Waals surface area contributed by atoms with E-state index in [4.69, 9.17) is 9.57 Å². The van der Waals surface area contributed by atoms with Crippen molar-refractivity contribution in [2.24, 2.45) is 0 Å². The van der Waals surface area contributed by atoms with Crippen LogP contribution in [0.5, 0.6) is 0 Å². The maximum absolute atomic E-state index is 13.0. The third-order valence-corrected chi connectivity index (χ3v) is 4.89. The molecule has 1 heterocycles. The summed E-state index contributed by atoms with van der Waals surface area (Å²) in [4.78, 5) is 30.6. The lowest BCUT2D eigenvalue weighted by molar-refractivity contribution is -0.145. The quantitative estimate of drug-likeness (QED) is 0.738. The Morgan fingerprint density at radius 3 is 2.19 bits per heavy atom. The molecule has 1 saturated heterocycles. The fourth-order valence-electron chi connectivity index (χ4n) is 3.06. The first kappa shape index (κ1) is 20.7. The zero-order chi connectivity index (χ0) is 19.3. The smallest absolute Gasteiger partial charge is 0.428 e. The fraction of sp³-hybridized carbons (Fsp3) is 0.556. The van der Waals surface area contributed by atoms with E-state index in [0.717, 1.165) is 21.2 Å². The fourth-order valence-corrected chi connectivity index (χ4v) is 3.74. The van der Waals surface area contributed by atoms with Crippen LogP contribution in [0.4, 0.5) is 4.79 Å². The van der Waals surface area contributed by atoms with Gasteiger partial charge in [0.05, 0.1) is 33.2 Å². The molecule has 1 aromatic rings. The molecule has 0 bridgehead atoms. The second-order valence-corrected chi connectivity index (χ2v) is 7.06. The maximum atomic E-state index is 13.0. The summed E-state index contributed by atoms with van der Waals surface area (Å²) in [7, 11) is 1.58. The molecule has 0 atom stereocenters. The minimum atomic E-state index is -0.511. The van der Waals surface area contributed by atoms with Gasteiger partial charge in [-0.2, -0.15) is 5.06 Å². The van der Waals surface area contributed by atoms with Crippen molar-refractivity contribution in [2.45, 2.75) is 27.2 Å². The number of hydroxylamine groups is 2.